The fourth-order valence-electron chi connectivity index (χ4n) is 8.69. The lowest BCUT2D eigenvalue weighted by molar-refractivity contribution is -0.513. The first-order valence-electron chi connectivity index (χ1n) is 14.2. The molecule has 0 radical (unpaired) electrons. The Labute approximate surface area is 238 Å². The van der Waals surface area contributed by atoms with Crippen molar-refractivity contribution in [2.24, 2.45) is 28.6 Å². The minimum atomic E-state index is -1.45. The molecule has 0 aliphatic heterocycles. The first kappa shape index (κ1) is 29.1. The zero-order valence-electron chi connectivity index (χ0n) is 23.3. The molecule has 216 valence electrons. The highest BCUT2D eigenvalue weighted by atomic mass is 32.2. The van der Waals surface area contributed by atoms with Crippen LogP contribution in [0.15, 0.2) is 47.2 Å². The average Bonchev–Trinajstić information content (AvgIpc) is 3.21. The van der Waals surface area contributed by atoms with E-state index in [2.05, 4.69) is 13.0 Å². The second-order valence-electron chi connectivity index (χ2n) is 12.3. The maximum Gasteiger partial charge on any atom is 0.306 e. The highest BCUT2D eigenvalue weighted by Crippen LogP contribution is 2.69. The van der Waals surface area contributed by atoms with Crippen LogP contribution >= 0.6 is 11.8 Å². The van der Waals surface area contributed by atoms with Crippen molar-refractivity contribution in [3.8, 4) is 0 Å². The number of ether oxygens (including phenoxy) is 1. The van der Waals surface area contributed by atoms with Crippen LogP contribution in [0.25, 0.3) is 0 Å². The number of alkyl halides is 1. The molecule has 7 atom stereocenters. The Morgan fingerprint density at radius 3 is 2.62 bits per heavy atom. The molecule has 1 aromatic carbocycles. The molecule has 3 fully saturated rings. The molecule has 2 unspecified atom stereocenters. The fourth-order valence-corrected chi connectivity index (χ4v) is 9.40. The predicted octanol–water partition coefficient (Wildman–Crippen LogP) is 5.35. The summed E-state index contributed by atoms with van der Waals surface area (Å²) in [6, 6.07) is 5.40. The lowest BCUT2D eigenvalue weighted by atomic mass is 9.45. The maximum absolute atomic E-state index is 13.4. The number of hydrogen-bond acceptors (Lipinski definition) is 6. The van der Waals surface area contributed by atoms with Crippen molar-refractivity contribution in [2.45, 2.75) is 77.4 Å². The van der Waals surface area contributed by atoms with Crippen LogP contribution in [0.5, 0.6) is 0 Å². The quantitative estimate of drug-likeness (QED) is 0.232. The number of rotatable bonds is 7. The van der Waals surface area contributed by atoms with Crippen LogP contribution in [-0.4, -0.2) is 40.1 Å². The number of thioether (sulfide) groups is 1. The number of carbonyl (C=O) groups excluding carboxylic acids is 2. The molecule has 0 heterocycles. The number of quaternary nitrogens is 1. The van der Waals surface area contributed by atoms with Gasteiger partial charge in [-0.15, -0.1) is 0 Å². The van der Waals surface area contributed by atoms with Crippen molar-refractivity contribution in [1.29, 1.82) is 5.41 Å². The summed E-state index contributed by atoms with van der Waals surface area (Å²) in [6.07, 6.45) is 6.44. The summed E-state index contributed by atoms with van der Waals surface area (Å²) in [5.41, 5.74) is 1.27. The Balaban J connectivity index is 1.48. The van der Waals surface area contributed by atoms with Gasteiger partial charge in [-0.3, -0.25) is 14.9 Å². The molecule has 0 bridgehead atoms. The molecular formula is C31H39F2N2O4S+. The van der Waals surface area contributed by atoms with Crippen LogP contribution < -0.4 is 5.32 Å². The van der Waals surface area contributed by atoms with Crippen LogP contribution in [0.2, 0.25) is 0 Å². The molecule has 6 nitrogen and oxygen atoms in total. The highest BCUT2D eigenvalue weighted by Gasteiger charge is 2.70. The summed E-state index contributed by atoms with van der Waals surface area (Å²) >= 11 is 0.558. The third kappa shape index (κ3) is 4.49. The van der Waals surface area contributed by atoms with Crippen molar-refractivity contribution < 1.29 is 33.5 Å². The van der Waals surface area contributed by atoms with Gasteiger partial charge in [0.15, 0.2) is 5.60 Å². The topological polar surface area (TPSA) is 104 Å². The normalized spacial score (nSPS) is 36.7. The van der Waals surface area contributed by atoms with E-state index in [-0.39, 0.29) is 41.8 Å². The molecule has 9 heteroatoms. The molecule has 4 N–H and O–H groups in total. The molecule has 5 rings (SSSR count). The second kappa shape index (κ2) is 10.8. The third-order valence-electron chi connectivity index (χ3n) is 10.5. The van der Waals surface area contributed by atoms with E-state index in [9.17, 15) is 23.5 Å². The summed E-state index contributed by atoms with van der Waals surface area (Å²) in [7, 11) is 0. The van der Waals surface area contributed by atoms with Gasteiger partial charge in [-0.1, -0.05) is 26.3 Å². The number of aliphatic hydroxyl groups is 1. The van der Waals surface area contributed by atoms with Gasteiger partial charge >= 0.3 is 5.97 Å². The summed E-state index contributed by atoms with van der Waals surface area (Å²) in [6.45, 7) is 5.82. The van der Waals surface area contributed by atoms with Crippen LogP contribution in [0.4, 0.5) is 14.5 Å². The van der Waals surface area contributed by atoms with E-state index in [0.717, 1.165) is 29.8 Å². The van der Waals surface area contributed by atoms with Crippen LogP contribution in [0, 0.1) is 39.8 Å². The number of nitrogens with one attached hydrogen (secondary N) is 1. The molecule has 3 saturated carbocycles. The van der Waals surface area contributed by atoms with Crippen molar-refractivity contribution in [2.75, 3.05) is 6.01 Å². The number of nitrogens with two attached hydrogens (primary N) is 1. The number of aliphatic hydroxyl groups excluding tert-OH is 1. The van der Waals surface area contributed by atoms with Gasteiger partial charge in [-0.05, 0) is 91.7 Å². The Hall–Kier alpha value is -2.36. The van der Waals surface area contributed by atoms with Crippen molar-refractivity contribution in [3.05, 3.63) is 53.0 Å². The van der Waals surface area contributed by atoms with E-state index >= 15 is 0 Å². The molecule has 4 aliphatic rings. The van der Waals surface area contributed by atoms with Gasteiger partial charge in [0.1, 0.15) is 23.2 Å². The Kier molecular flexibility index (Phi) is 7.87. The lowest BCUT2D eigenvalue weighted by Crippen LogP contribution is -2.76. The summed E-state index contributed by atoms with van der Waals surface area (Å²) < 4.78 is 32.8. The van der Waals surface area contributed by atoms with Gasteiger partial charge in [0.05, 0.1) is 6.10 Å². The molecule has 0 amide bonds. The van der Waals surface area contributed by atoms with Crippen LogP contribution in [0.1, 0.15) is 65.7 Å². The first-order chi connectivity index (χ1) is 19.0. The van der Waals surface area contributed by atoms with E-state index in [1.807, 2.05) is 12.2 Å². The molecule has 4 aliphatic carbocycles. The number of esters is 1. The number of fused-ring (bicyclic) bond motifs is 5. The van der Waals surface area contributed by atoms with E-state index in [1.165, 1.54) is 23.9 Å². The van der Waals surface area contributed by atoms with Gasteiger partial charge < -0.3 is 15.3 Å². The van der Waals surface area contributed by atoms with Crippen molar-refractivity contribution in [1.82, 2.24) is 0 Å². The zero-order chi connectivity index (χ0) is 28.9. The average molecular weight is 574 g/mol. The predicted molar refractivity (Wildman–Crippen MR) is 150 cm³/mol. The van der Waals surface area contributed by atoms with Crippen molar-refractivity contribution >= 4 is 34.7 Å². The Bertz CT molecular complexity index is 1270. The zero-order valence-corrected chi connectivity index (χ0v) is 24.2. The number of allylic oxidation sites excluding steroid dienone is 3. The van der Waals surface area contributed by atoms with Gasteiger partial charge in [0, 0.05) is 35.8 Å². The van der Waals surface area contributed by atoms with Crippen molar-refractivity contribution in [3.63, 3.8) is 0 Å². The van der Waals surface area contributed by atoms with E-state index < -0.39 is 34.2 Å². The SMILES string of the molecule is CCC(=O)O[C@]1(C(=O)SCF)CCC2[C@@H]3CCC4=CC([NH2+]c5ccc(F)cc5)=C(C=N)C[C@]4(C)C3[C@@H](O)C[C@@]21C. The smallest absolute Gasteiger partial charge is 0.306 e. The standard InChI is InChI=1S/C31H38F2N2O4S/c1-4-26(37)39-31(28(38)40-17-32)12-11-23-22-10-5-19-13-24(35-21-8-6-20(33)7-9-21)18(16-34)14-29(19,2)27(22)25(36)15-30(23,31)3/h6-9,13,16,22-23,25,27,34-36H,4-5,10-12,14-15,17H2,1-3H3/p+1/t22-,23?,25-,27?,29-,30-,31-/m0/s1. The number of benzene rings is 1. The molecular weight excluding hydrogens is 534 g/mol. The Morgan fingerprint density at radius 1 is 1.25 bits per heavy atom. The summed E-state index contributed by atoms with van der Waals surface area (Å²) in [5.74, 6) is -0.738. The van der Waals surface area contributed by atoms with E-state index in [1.54, 1.807) is 19.1 Å². The number of halogens is 2. The maximum atomic E-state index is 13.4. The fraction of sp³-hybridized carbons (Fsp3) is 0.581. The molecule has 1 aromatic rings. The molecule has 0 saturated heterocycles. The first-order valence-corrected chi connectivity index (χ1v) is 15.2. The van der Waals surface area contributed by atoms with Gasteiger partial charge in [0.2, 0.25) is 5.12 Å². The number of hydrogen-bond donors (Lipinski definition) is 3. The molecule has 0 aromatic heterocycles. The minimum absolute atomic E-state index is 0.0349. The summed E-state index contributed by atoms with van der Waals surface area (Å²) in [4.78, 5) is 26.0. The van der Waals surface area contributed by atoms with Crippen LogP contribution in [-0.2, 0) is 14.3 Å². The largest absolute Gasteiger partial charge is 0.449 e. The monoisotopic (exact) mass is 573 g/mol. The minimum Gasteiger partial charge on any atom is -0.449 e. The van der Waals surface area contributed by atoms with Gasteiger partial charge in [-0.25, -0.2) is 8.78 Å². The lowest BCUT2D eigenvalue weighted by Gasteiger charge is -2.60. The van der Waals surface area contributed by atoms with E-state index in [4.69, 9.17) is 10.1 Å². The second-order valence-corrected chi connectivity index (χ2v) is 13.2. The van der Waals surface area contributed by atoms with E-state index in [0.29, 0.717) is 31.0 Å². The summed E-state index contributed by atoms with van der Waals surface area (Å²) in [5, 5.41) is 21.6. The highest BCUT2D eigenvalue weighted by molar-refractivity contribution is 8.13. The van der Waals surface area contributed by atoms with Gasteiger partial charge in [0.25, 0.3) is 0 Å². The number of carbonyl (C=O) groups is 2. The third-order valence-corrected chi connectivity index (χ3v) is 11.2. The van der Waals surface area contributed by atoms with Gasteiger partial charge in [-0.2, -0.15) is 0 Å². The molecule has 0 spiro atoms. The molecule has 40 heavy (non-hydrogen) atoms. The van der Waals surface area contributed by atoms with Crippen LogP contribution in [0.3, 0.4) is 0 Å². The Morgan fingerprint density at radius 2 is 1.98 bits per heavy atom.